The van der Waals surface area contributed by atoms with Crippen molar-refractivity contribution in [2.75, 3.05) is 10.6 Å². The van der Waals surface area contributed by atoms with E-state index in [0.29, 0.717) is 35.6 Å². The number of hydrogen-bond acceptors (Lipinski definition) is 5. The number of rotatable bonds is 13. The second-order valence-electron chi connectivity index (χ2n) is 11.5. The summed E-state index contributed by atoms with van der Waals surface area (Å²) in [6.07, 6.45) is 2.24. The van der Waals surface area contributed by atoms with Crippen molar-refractivity contribution in [2.24, 2.45) is 0 Å². The third-order valence-electron chi connectivity index (χ3n) is 7.78. The molecular formula is C41H39N3O4S. The zero-order valence-electron chi connectivity index (χ0n) is 27.7. The fraction of sp³-hybridized carbons (Fsp3) is 0.146. The predicted octanol–water partition coefficient (Wildman–Crippen LogP) is 8.80. The molecule has 3 N–H and O–H groups in total. The number of anilines is 2. The number of amides is 3. The van der Waals surface area contributed by atoms with Gasteiger partial charge in [-0.1, -0.05) is 79.7 Å². The predicted molar refractivity (Wildman–Crippen MR) is 199 cm³/mol. The second-order valence-corrected chi connectivity index (χ2v) is 12.8. The summed E-state index contributed by atoms with van der Waals surface area (Å²) >= 11 is 1.43. The summed E-state index contributed by atoms with van der Waals surface area (Å²) in [6, 6.07) is 39.1. The van der Waals surface area contributed by atoms with E-state index in [1.54, 1.807) is 36.4 Å². The van der Waals surface area contributed by atoms with Crippen molar-refractivity contribution in [1.29, 1.82) is 0 Å². The van der Waals surface area contributed by atoms with E-state index in [1.807, 2.05) is 118 Å². The van der Waals surface area contributed by atoms with E-state index in [2.05, 4.69) is 16.0 Å². The largest absolute Gasteiger partial charge is 0.489 e. The Labute approximate surface area is 291 Å². The van der Waals surface area contributed by atoms with Crippen molar-refractivity contribution in [3.8, 4) is 5.75 Å². The lowest BCUT2D eigenvalue weighted by Gasteiger charge is -2.16. The molecule has 0 radical (unpaired) electrons. The standard InChI is InChI=1S/C41H39N3O4S/c1-4-38(41(47)43-34-21-18-28(2)29(3)24-34)49-36-17-11-16-33(26-36)42-40(46)37(44-39(45)32-14-9-6-10-15-32)25-30-19-22-35(23-20-30)48-27-31-12-7-5-8-13-31/h5-26,38H,4,27H2,1-3H3,(H,42,46)(H,43,47)(H,44,45)/b37-25-. The van der Waals surface area contributed by atoms with Crippen molar-refractivity contribution in [3.05, 3.63) is 161 Å². The molecule has 7 nitrogen and oxygen atoms in total. The third kappa shape index (κ3) is 10.2. The zero-order valence-corrected chi connectivity index (χ0v) is 28.6. The van der Waals surface area contributed by atoms with Crippen LogP contribution in [0, 0.1) is 13.8 Å². The van der Waals surface area contributed by atoms with Gasteiger partial charge < -0.3 is 20.7 Å². The molecule has 5 aromatic carbocycles. The van der Waals surface area contributed by atoms with E-state index in [0.717, 1.165) is 27.3 Å². The number of ether oxygens (including phenoxy) is 1. The van der Waals surface area contributed by atoms with Gasteiger partial charge in [0.25, 0.3) is 11.8 Å². The minimum absolute atomic E-state index is 0.0732. The van der Waals surface area contributed by atoms with Crippen molar-refractivity contribution >= 4 is 46.9 Å². The molecule has 0 heterocycles. The molecule has 0 aliphatic rings. The molecule has 3 amide bonds. The van der Waals surface area contributed by atoms with Gasteiger partial charge >= 0.3 is 0 Å². The first-order valence-corrected chi connectivity index (χ1v) is 17.0. The summed E-state index contributed by atoms with van der Waals surface area (Å²) in [7, 11) is 0. The molecule has 5 aromatic rings. The molecule has 248 valence electrons. The van der Waals surface area contributed by atoms with Crippen LogP contribution in [-0.2, 0) is 16.2 Å². The summed E-state index contributed by atoms with van der Waals surface area (Å²) in [4.78, 5) is 40.8. The van der Waals surface area contributed by atoms with Gasteiger partial charge in [0.1, 0.15) is 18.1 Å². The molecule has 5 rings (SSSR count). The normalized spacial score (nSPS) is 11.7. The SMILES string of the molecule is CCC(Sc1cccc(NC(=O)/C(=C/c2ccc(OCc3ccccc3)cc2)NC(=O)c2ccccc2)c1)C(=O)Nc1ccc(C)c(C)c1. The van der Waals surface area contributed by atoms with E-state index < -0.39 is 11.8 Å². The molecule has 1 atom stereocenters. The van der Waals surface area contributed by atoms with Crippen LogP contribution >= 0.6 is 11.8 Å². The molecule has 0 aromatic heterocycles. The maximum Gasteiger partial charge on any atom is 0.272 e. The monoisotopic (exact) mass is 669 g/mol. The number of aryl methyl sites for hydroxylation is 2. The minimum atomic E-state index is -0.490. The maximum absolute atomic E-state index is 13.7. The van der Waals surface area contributed by atoms with Crippen LogP contribution in [0.2, 0.25) is 0 Å². The summed E-state index contributed by atoms with van der Waals surface area (Å²) < 4.78 is 5.90. The van der Waals surface area contributed by atoms with Crippen LogP contribution in [0.25, 0.3) is 6.08 Å². The molecule has 0 spiro atoms. The Morgan fingerprint density at radius 3 is 2.12 bits per heavy atom. The van der Waals surface area contributed by atoms with Crippen LogP contribution in [0.4, 0.5) is 11.4 Å². The number of nitrogens with one attached hydrogen (secondary N) is 3. The van der Waals surface area contributed by atoms with E-state index in [-0.39, 0.29) is 16.9 Å². The van der Waals surface area contributed by atoms with Gasteiger partial charge in [-0.15, -0.1) is 11.8 Å². The van der Waals surface area contributed by atoms with Crippen LogP contribution in [0.5, 0.6) is 5.75 Å². The van der Waals surface area contributed by atoms with Gasteiger partial charge in [-0.3, -0.25) is 14.4 Å². The lowest BCUT2D eigenvalue weighted by atomic mass is 10.1. The van der Waals surface area contributed by atoms with Gasteiger partial charge in [0.15, 0.2) is 0 Å². The summed E-state index contributed by atoms with van der Waals surface area (Å²) in [5.74, 6) is -0.303. The van der Waals surface area contributed by atoms with Gasteiger partial charge in [0, 0.05) is 21.8 Å². The smallest absolute Gasteiger partial charge is 0.272 e. The highest BCUT2D eigenvalue weighted by molar-refractivity contribution is 8.00. The second kappa shape index (κ2) is 17.0. The van der Waals surface area contributed by atoms with Crippen molar-refractivity contribution < 1.29 is 19.1 Å². The number of hydrogen-bond donors (Lipinski definition) is 3. The topological polar surface area (TPSA) is 96.5 Å². The first-order chi connectivity index (χ1) is 23.8. The lowest BCUT2D eigenvalue weighted by Crippen LogP contribution is -2.30. The van der Waals surface area contributed by atoms with Gasteiger partial charge in [-0.2, -0.15) is 0 Å². The Morgan fingerprint density at radius 2 is 1.43 bits per heavy atom. The molecule has 0 fully saturated rings. The molecule has 1 unspecified atom stereocenters. The van der Waals surface area contributed by atoms with E-state index in [4.69, 9.17) is 4.74 Å². The maximum atomic E-state index is 13.7. The minimum Gasteiger partial charge on any atom is -0.489 e. The molecule has 0 saturated heterocycles. The third-order valence-corrected chi connectivity index (χ3v) is 9.13. The fourth-order valence-electron chi connectivity index (χ4n) is 4.88. The average Bonchev–Trinajstić information content (AvgIpc) is 3.12. The van der Waals surface area contributed by atoms with E-state index in [1.165, 1.54) is 11.8 Å². The average molecular weight is 670 g/mol. The Kier molecular flexibility index (Phi) is 12.0. The molecule has 0 aliphatic carbocycles. The number of carbonyl (C=O) groups is 3. The number of thioether (sulfide) groups is 1. The highest BCUT2D eigenvalue weighted by atomic mass is 32.2. The molecule has 49 heavy (non-hydrogen) atoms. The molecule has 0 bridgehead atoms. The molecular weight excluding hydrogens is 631 g/mol. The van der Waals surface area contributed by atoms with Crippen LogP contribution in [-0.4, -0.2) is 23.0 Å². The first-order valence-electron chi connectivity index (χ1n) is 16.1. The number of benzene rings is 5. The van der Waals surface area contributed by atoms with Crippen LogP contribution in [0.3, 0.4) is 0 Å². The Bertz CT molecular complexity index is 1930. The van der Waals surface area contributed by atoms with Crippen molar-refractivity contribution in [2.45, 2.75) is 43.9 Å². The van der Waals surface area contributed by atoms with Crippen LogP contribution in [0.15, 0.2) is 138 Å². The molecule has 0 aliphatic heterocycles. The van der Waals surface area contributed by atoms with Crippen molar-refractivity contribution in [3.63, 3.8) is 0 Å². The van der Waals surface area contributed by atoms with Crippen LogP contribution < -0.4 is 20.7 Å². The Morgan fingerprint density at radius 1 is 0.735 bits per heavy atom. The summed E-state index contributed by atoms with van der Waals surface area (Å²) in [5, 5.41) is 8.40. The van der Waals surface area contributed by atoms with Gasteiger partial charge in [-0.25, -0.2) is 0 Å². The first kappa shape index (κ1) is 34.7. The Balaban J connectivity index is 1.29. The zero-order chi connectivity index (χ0) is 34.6. The summed E-state index contributed by atoms with van der Waals surface area (Å²) in [5.41, 5.74) is 5.83. The quantitative estimate of drug-likeness (QED) is 0.0860. The lowest BCUT2D eigenvalue weighted by molar-refractivity contribution is -0.116. The van der Waals surface area contributed by atoms with Crippen molar-refractivity contribution in [1.82, 2.24) is 5.32 Å². The van der Waals surface area contributed by atoms with Crippen LogP contribution in [0.1, 0.15) is 46.0 Å². The highest BCUT2D eigenvalue weighted by Gasteiger charge is 2.20. The van der Waals surface area contributed by atoms with Gasteiger partial charge in [0.2, 0.25) is 5.91 Å². The summed E-state index contributed by atoms with van der Waals surface area (Å²) in [6.45, 7) is 6.46. The highest BCUT2D eigenvalue weighted by Crippen LogP contribution is 2.29. The van der Waals surface area contributed by atoms with E-state index in [9.17, 15) is 14.4 Å². The van der Waals surface area contributed by atoms with Gasteiger partial charge in [0.05, 0.1) is 5.25 Å². The molecule has 8 heteroatoms. The molecule has 0 saturated carbocycles. The fourth-order valence-corrected chi connectivity index (χ4v) is 5.90. The number of carbonyl (C=O) groups excluding carboxylic acids is 3. The van der Waals surface area contributed by atoms with E-state index >= 15 is 0 Å². The van der Waals surface area contributed by atoms with Gasteiger partial charge in [-0.05, 0) is 103 Å². The Hall–Kier alpha value is -5.60.